The number of thioether (sulfide) groups is 1. The number of ether oxygens (including phenoxy) is 2. The van der Waals surface area contributed by atoms with Crippen LogP contribution in [0.25, 0.3) is 0 Å². The van der Waals surface area contributed by atoms with Gasteiger partial charge in [-0.2, -0.15) is 16.1 Å². The van der Waals surface area contributed by atoms with Crippen molar-refractivity contribution in [2.75, 3.05) is 20.0 Å². The molecule has 0 saturated carbocycles. The molecule has 0 unspecified atom stereocenters. The van der Waals surface area contributed by atoms with Crippen LogP contribution >= 0.6 is 11.8 Å². The van der Waals surface area contributed by atoms with Gasteiger partial charge in [0.15, 0.2) is 0 Å². The summed E-state index contributed by atoms with van der Waals surface area (Å²) in [7, 11) is -0.331. The molecule has 0 fully saturated rings. The lowest BCUT2D eigenvalue weighted by atomic mass is 10.2. The molecule has 0 heterocycles. The number of methoxy groups -OCH3 is 2. The van der Waals surface area contributed by atoms with Gasteiger partial charge in [-0.05, 0) is 60.4 Å². The molecule has 0 aliphatic carbocycles. The highest BCUT2D eigenvalue weighted by atomic mass is 32.2. The van der Waals surface area contributed by atoms with Gasteiger partial charge in [0.25, 0.3) is 0 Å². The van der Waals surface area contributed by atoms with Crippen molar-refractivity contribution in [1.29, 1.82) is 0 Å². The van der Waals surface area contributed by atoms with E-state index in [1.165, 1.54) is 0 Å². The zero-order valence-corrected chi connectivity index (χ0v) is 22.8. The minimum Gasteiger partial charge on any atom is -0.497 e. The molecule has 2 aromatic carbocycles. The van der Waals surface area contributed by atoms with E-state index < -0.39 is 15.3 Å². The van der Waals surface area contributed by atoms with E-state index in [1.807, 2.05) is 48.5 Å². The van der Waals surface area contributed by atoms with Gasteiger partial charge in [-0.25, -0.2) is 8.42 Å². The zero-order valence-electron chi connectivity index (χ0n) is 21.1. The Labute approximate surface area is 210 Å². The van der Waals surface area contributed by atoms with Gasteiger partial charge in [-0.15, -0.1) is 6.58 Å². The van der Waals surface area contributed by atoms with E-state index >= 15 is 0 Å². The maximum absolute atomic E-state index is 14.0. The Bertz CT molecular complexity index is 931. The number of benzene rings is 2. The molecule has 2 aromatic rings. The van der Waals surface area contributed by atoms with Gasteiger partial charge < -0.3 is 9.47 Å². The molecule has 0 bridgehead atoms. The van der Waals surface area contributed by atoms with E-state index in [-0.39, 0.29) is 4.75 Å². The van der Waals surface area contributed by atoms with Crippen LogP contribution in [-0.2, 0) is 23.1 Å². The van der Waals surface area contributed by atoms with Crippen molar-refractivity contribution < 1.29 is 17.9 Å². The van der Waals surface area contributed by atoms with Crippen LogP contribution in [0.15, 0.2) is 61.2 Å². The highest BCUT2D eigenvalue weighted by molar-refractivity contribution is 8.00. The summed E-state index contributed by atoms with van der Waals surface area (Å²) in [5.41, 5.74) is 1.84. The lowest BCUT2D eigenvalue weighted by Crippen LogP contribution is -2.38. The molecular weight excluding hydrogens is 466 g/mol. The first-order valence-corrected chi connectivity index (χ1v) is 14.1. The van der Waals surface area contributed by atoms with E-state index in [2.05, 4.69) is 27.4 Å². The van der Waals surface area contributed by atoms with Crippen LogP contribution in [0.5, 0.6) is 11.5 Å². The van der Waals surface area contributed by atoms with Crippen molar-refractivity contribution in [3.05, 3.63) is 72.3 Å². The Hall–Kier alpha value is -1.96. The van der Waals surface area contributed by atoms with Crippen molar-refractivity contribution in [1.82, 2.24) is 4.31 Å². The first-order chi connectivity index (χ1) is 16.1. The summed E-state index contributed by atoms with van der Waals surface area (Å²) < 4.78 is 40.2. The number of hydrogen-bond acceptors (Lipinski definition) is 5. The molecule has 34 heavy (non-hydrogen) atoms. The number of sulfonamides is 1. The van der Waals surface area contributed by atoms with Crippen LogP contribution < -0.4 is 9.47 Å². The number of nitrogens with zero attached hydrogens (tertiary/aromatic N) is 1. The number of allylic oxidation sites excluding steroid dienone is 1. The first kappa shape index (κ1) is 28.3. The van der Waals surface area contributed by atoms with Crippen molar-refractivity contribution in [2.45, 2.75) is 63.1 Å². The molecule has 2 rings (SSSR count). The van der Waals surface area contributed by atoms with Crippen molar-refractivity contribution in [3.63, 3.8) is 0 Å². The van der Waals surface area contributed by atoms with Gasteiger partial charge in [0, 0.05) is 17.8 Å². The molecule has 0 spiro atoms. The van der Waals surface area contributed by atoms with Gasteiger partial charge in [0.2, 0.25) is 10.0 Å². The van der Waals surface area contributed by atoms with Crippen LogP contribution in [0.4, 0.5) is 0 Å². The van der Waals surface area contributed by atoms with Gasteiger partial charge in [0.1, 0.15) is 11.5 Å². The van der Waals surface area contributed by atoms with E-state index in [0.29, 0.717) is 32.4 Å². The van der Waals surface area contributed by atoms with Gasteiger partial charge >= 0.3 is 0 Å². The minimum absolute atomic E-state index is 0.0959. The van der Waals surface area contributed by atoms with Crippen LogP contribution in [0.2, 0.25) is 0 Å². The molecule has 0 aliphatic heterocycles. The average Bonchev–Trinajstić information content (AvgIpc) is 2.81. The van der Waals surface area contributed by atoms with E-state index in [9.17, 15) is 8.42 Å². The Morgan fingerprint density at radius 2 is 1.38 bits per heavy atom. The fraction of sp³-hybridized carbons (Fsp3) is 0.481. The average molecular weight is 506 g/mol. The normalized spacial score (nSPS) is 13.0. The molecule has 0 aliphatic rings. The summed E-state index contributed by atoms with van der Waals surface area (Å²) >= 11 is 1.80. The maximum Gasteiger partial charge on any atom is 0.217 e. The second-order valence-electron chi connectivity index (χ2n) is 9.25. The molecule has 188 valence electrons. The Morgan fingerprint density at radius 1 is 0.912 bits per heavy atom. The molecule has 7 heteroatoms. The summed E-state index contributed by atoms with van der Waals surface area (Å²) in [6, 6.07) is 15.1. The summed E-state index contributed by atoms with van der Waals surface area (Å²) in [6.45, 7) is 10.9. The predicted octanol–water partition coefficient (Wildman–Crippen LogP) is 6.29. The first-order valence-electron chi connectivity index (χ1n) is 11.6. The van der Waals surface area contributed by atoms with Crippen LogP contribution in [0.1, 0.15) is 51.2 Å². The third-order valence-electron chi connectivity index (χ3n) is 5.48. The fourth-order valence-corrected chi connectivity index (χ4v) is 6.65. The molecule has 0 amide bonds. The molecule has 1 atom stereocenters. The van der Waals surface area contributed by atoms with Gasteiger partial charge in [-0.1, -0.05) is 51.1 Å². The smallest absolute Gasteiger partial charge is 0.217 e. The molecule has 0 radical (unpaired) electrons. The van der Waals surface area contributed by atoms with Crippen LogP contribution in [-0.4, -0.2) is 42.7 Å². The molecule has 0 aromatic heterocycles. The van der Waals surface area contributed by atoms with E-state index in [1.54, 1.807) is 36.4 Å². The van der Waals surface area contributed by atoms with Crippen LogP contribution in [0, 0.1) is 0 Å². The monoisotopic (exact) mass is 505 g/mol. The van der Waals surface area contributed by atoms with E-state index in [4.69, 9.17) is 9.47 Å². The zero-order chi connectivity index (χ0) is 25.2. The van der Waals surface area contributed by atoms with Gasteiger partial charge in [0.05, 0.1) is 19.5 Å². The molecule has 5 nitrogen and oxygen atoms in total. The highest BCUT2D eigenvalue weighted by Gasteiger charge is 2.32. The summed E-state index contributed by atoms with van der Waals surface area (Å²) in [6.07, 6.45) is 3.65. The van der Waals surface area contributed by atoms with Crippen molar-refractivity contribution >= 4 is 21.8 Å². The van der Waals surface area contributed by atoms with Gasteiger partial charge in [-0.3, -0.25) is 0 Å². The van der Waals surface area contributed by atoms with E-state index in [0.717, 1.165) is 28.4 Å². The topological polar surface area (TPSA) is 55.8 Å². The third-order valence-corrected chi connectivity index (χ3v) is 9.08. The molecule has 0 saturated heterocycles. The summed E-state index contributed by atoms with van der Waals surface area (Å²) in [5.74, 6) is 2.29. The summed E-state index contributed by atoms with van der Waals surface area (Å²) in [4.78, 5) is 0. The quantitative estimate of drug-likeness (QED) is 0.282. The highest BCUT2D eigenvalue weighted by Crippen LogP contribution is 2.29. The second kappa shape index (κ2) is 13.2. The predicted molar refractivity (Wildman–Crippen MR) is 144 cm³/mol. The largest absolute Gasteiger partial charge is 0.497 e. The second-order valence-corrected chi connectivity index (χ2v) is 13.4. The third kappa shape index (κ3) is 9.01. The van der Waals surface area contributed by atoms with Crippen LogP contribution in [0.3, 0.4) is 0 Å². The fourth-order valence-electron chi connectivity index (χ4n) is 3.56. The number of rotatable bonds is 14. The SMILES string of the molecule is C=CCC[C@@H](CCSC(C)(C)C)S(=O)(=O)N(Cc1ccc(OC)cc1)Cc1ccc(OC)cc1. The molecular formula is C27H39NO4S2. The standard InChI is InChI=1S/C27H39NO4S2/c1-7-8-9-26(18-19-33-27(2,3)4)34(29,30)28(20-22-10-14-24(31-5)15-11-22)21-23-12-16-25(32-6)17-13-23/h7,10-17,26H,1,8-9,18-21H2,2-6H3/t26-/m0/s1. The Balaban J connectivity index is 2.34. The lowest BCUT2D eigenvalue weighted by Gasteiger charge is -2.29. The van der Waals surface area contributed by atoms with Crippen molar-refractivity contribution in [3.8, 4) is 11.5 Å². The number of hydrogen-bond donors (Lipinski definition) is 0. The lowest BCUT2D eigenvalue weighted by molar-refractivity contribution is 0.388. The minimum atomic E-state index is -3.57. The maximum atomic E-state index is 14.0. The summed E-state index contributed by atoms with van der Waals surface area (Å²) in [5, 5.41) is -0.461. The van der Waals surface area contributed by atoms with Crippen molar-refractivity contribution in [2.24, 2.45) is 0 Å². The molecule has 0 N–H and O–H groups in total. The Kier molecular flexibility index (Phi) is 11.0. The Morgan fingerprint density at radius 3 is 1.76 bits per heavy atom.